The van der Waals surface area contributed by atoms with Gasteiger partial charge >= 0.3 is 0 Å². The number of thioether (sulfide) groups is 1. The predicted molar refractivity (Wildman–Crippen MR) is 82.2 cm³/mol. The minimum absolute atomic E-state index is 0.0373. The van der Waals surface area contributed by atoms with Gasteiger partial charge in [-0.15, -0.1) is 0 Å². The third kappa shape index (κ3) is 4.75. The lowest BCUT2D eigenvalue weighted by Crippen LogP contribution is -2.27. The molecule has 1 aromatic carbocycles. The molecular weight excluding hydrogens is 286 g/mol. The molecule has 110 valence electrons. The van der Waals surface area contributed by atoms with Crippen LogP contribution >= 0.6 is 11.8 Å². The second-order valence-corrected chi connectivity index (χ2v) is 5.36. The van der Waals surface area contributed by atoms with Crippen molar-refractivity contribution in [2.75, 3.05) is 19.9 Å². The molecule has 0 aliphatic rings. The molecule has 5 nitrogen and oxygen atoms in total. The number of methoxy groups -OCH3 is 1. The number of carbonyl (C=O) groups excluding carboxylic acids is 1. The fraction of sp³-hybridized carbons (Fsp3) is 0.267. The van der Waals surface area contributed by atoms with Crippen LogP contribution in [0, 0.1) is 0 Å². The van der Waals surface area contributed by atoms with Crippen LogP contribution in [-0.4, -0.2) is 40.7 Å². The van der Waals surface area contributed by atoms with E-state index in [1.807, 2.05) is 24.3 Å². The lowest BCUT2D eigenvalue weighted by atomic mass is 10.2. The zero-order valence-corrected chi connectivity index (χ0v) is 12.8. The number of ether oxygens (including phenoxy) is 1. The Balaban J connectivity index is 1.87. The smallest absolute Gasteiger partial charge is 0.233 e. The maximum absolute atomic E-state index is 12.1. The fourth-order valence-electron chi connectivity index (χ4n) is 1.73. The summed E-state index contributed by atoms with van der Waals surface area (Å²) in [5, 5.41) is 0.612. The minimum atomic E-state index is 0.0373. The van der Waals surface area contributed by atoms with E-state index in [0.29, 0.717) is 17.5 Å². The number of carbonyl (C=O) groups is 1. The number of rotatable bonds is 6. The van der Waals surface area contributed by atoms with E-state index >= 15 is 0 Å². The molecule has 0 spiro atoms. The Bertz CT molecular complexity index is 592. The molecule has 21 heavy (non-hydrogen) atoms. The monoisotopic (exact) mass is 303 g/mol. The third-order valence-electron chi connectivity index (χ3n) is 2.85. The van der Waals surface area contributed by atoms with Crippen LogP contribution < -0.4 is 4.74 Å². The lowest BCUT2D eigenvalue weighted by Gasteiger charge is -2.17. The van der Waals surface area contributed by atoms with Crippen LogP contribution in [0.25, 0.3) is 0 Å². The molecule has 0 atom stereocenters. The highest BCUT2D eigenvalue weighted by atomic mass is 32.2. The van der Waals surface area contributed by atoms with Gasteiger partial charge in [0.25, 0.3) is 0 Å². The van der Waals surface area contributed by atoms with Crippen molar-refractivity contribution in [3.8, 4) is 5.75 Å². The highest BCUT2D eigenvalue weighted by Gasteiger charge is 2.11. The molecule has 0 unspecified atom stereocenters. The number of benzene rings is 1. The van der Waals surface area contributed by atoms with Crippen molar-refractivity contribution < 1.29 is 9.53 Å². The average Bonchev–Trinajstić information content (AvgIpc) is 2.53. The van der Waals surface area contributed by atoms with Crippen LogP contribution in [0.2, 0.25) is 0 Å². The highest BCUT2D eigenvalue weighted by Crippen LogP contribution is 2.15. The normalized spacial score (nSPS) is 10.2. The molecule has 0 radical (unpaired) electrons. The molecule has 0 saturated carbocycles. The van der Waals surface area contributed by atoms with Crippen molar-refractivity contribution in [2.45, 2.75) is 11.7 Å². The van der Waals surface area contributed by atoms with Gasteiger partial charge in [-0.2, -0.15) is 0 Å². The summed E-state index contributed by atoms with van der Waals surface area (Å²) in [5.41, 5.74) is 1.03. The van der Waals surface area contributed by atoms with Gasteiger partial charge in [0.2, 0.25) is 5.91 Å². The van der Waals surface area contributed by atoms with Crippen LogP contribution in [0.3, 0.4) is 0 Å². The van der Waals surface area contributed by atoms with Gasteiger partial charge in [-0.25, -0.2) is 9.97 Å². The van der Waals surface area contributed by atoms with Gasteiger partial charge in [0.1, 0.15) is 5.75 Å². The van der Waals surface area contributed by atoms with Gasteiger partial charge in [-0.1, -0.05) is 23.9 Å². The maximum Gasteiger partial charge on any atom is 0.233 e. The summed E-state index contributed by atoms with van der Waals surface area (Å²) in [6, 6.07) is 9.45. The van der Waals surface area contributed by atoms with Crippen molar-refractivity contribution in [2.24, 2.45) is 0 Å². The van der Waals surface area contributed by atoms with E-state index < -0.39 is 0 Å². The first-order valence-electron chi connectivity index (χ1n) is 6.46. The van der Waals surface area contributed by atoms with Crippen molar-refractivity contribution >= 4 is 17.7 Å². The number of hydrogen-bond donors (Lipinski definition) is 0. The van der Waals surface area contributed by atoms with E-state index in [1.165, 1.54) is 11.8 Å². The molecular formula is C15H17N3O2S. The molecule has 0 saturated heterocycles. The third-order valence-corrected chi connectivity index (χ3v) is 3.71. The summed E-state index contributed by atoms with van der Waals surface area (Å²) in [6.45, 7) is 0.548. The lowest BCUT2D eigenvalue weighted by molar-refractivity contribution is -0.127. The van der Waals surface area contributed by atoms with Gasteiger partial charge < -0.3 is 9.64 Å². The summed E-state index contributed by atoms with van der Waals surface area (Å²) in [4.78, 5) is 21.9. The largest absolute Gasteiger partial charge is 0.497 e. The Morgan fingerprint density at radius 3 is 2.76 bits per heavy atom. The number of nitrogens with zero attached hydrogens (tertiary/aromatic N) is 3. The SMILES string of the molecule is COc1cccc(CN(C)C(=O)CSc2ncccn2)c1. The van der Waals surface area contributed by atoms with Crippen LogP contribution in [0.1, 0.15) is 5.56 Å². The molecule has 0 aliphatic carbocycles. The Labute approximate surface area is 128 Å². The summed E-state index contributed by atoms with van der Waals surface area (Å²) in [5.74, 6) is 1.15. The van der Waals surface area contributed by atoms with Crippen LogP contribution in [0.4, 0.5) is 0 Å². The molecule has 0 bridgehead atoms. The number of hydrogen-bond acceptors (Lipinski definition) is 5. The molecule has 0 N–H and O–H groups in total. The fourth-order valence-corrected chi connectivity index (χ4v) is 2.47. The van der Waals surface area contributed by atoms with Crippen molar-refractivity contribution in [1.82, 2.24) is 14.9 Å². The second-order valence-electron chi connectivity index (χ2n) is 4.42. The first kappa shape index (κ1) is 15.3. The van der Waals surface area contributed by atoms with E-state index in [1.54, 1.807) is 37.5 Å². The van der Waals surface area contributed by atoms with Crippen LogP contribution in [0.15, 0.2) is 47.9 Å². The Hall–Kier alpha value is -2.08. The zero-order chi connectivity index (χ0) is 15.1. The van der Waals surface area contributed by atoms with Crippen molar-refractivity contribution in [3.05, 3.63) is 48.3 Å². The topological polar surface area (TPSA) is 55.3 Å². The van der Waals surface area contributed by atoms with Gasteiger partial charge in [0.15, 0.2) is 5.16 Å². The van der Waals surface area contributed by atoms with E-state index in [2.05, 4.69) is 9.97 Å². The van der Waals surface area contributed by atoms with Gasteiger partial charge in [-0.3, -0.25) is 4.79 Å². The molecule has 1 amide bonds. The summed E-state index contributed by atoms with van der Waals surface area (Å²) >= 11 is 1.34. The quantitative estimate of drug-likeness (QED) is 0.605. The average molecular weight is 303 g/mol. The summed E-state index contributed by atoms with van der Waals surface area (Å²) < 4.78 is 5.18. The van der Waals surface area contributed by atoms with Crippen molar-refractivity contribution in [3.63, 3.8) is 0 Å². The molecule has 2 rings (SSSR count). The molecule has 0 fully saturated rings. The Morgan fingerprint density at radius 1 is 1.29 bits per heavy atom. The van der Waals surface area contributed by atoms with Gasteiger partial charge in [-0.05, 0) is 23.8 Å². The standard InChI is InChI=1S/C15H17N3O2S/c1-18(10-12-5-3-6-13(9-12)20-2)14(19)11-21-15-16-7-4-8-17-15/h3-9H,10-11H2,1-2H3. The molecule has 1 aromatic heterocycles. The number of aromatic nitrogens is 2. The minimum Gasteiger partial charge on any atom is -0.497 e. The molecule has 6 heteroatoms. The van der Waals surface area contributed by atoms with E-state index in [9.17, 15) is 4.79 Å². The van der Waals surface area contributed by atoms with Crippen LogP contribution in [-0.2, 0) is 11.3 Å². The predicted octanol–water partition coefficient (Wildman–Crippen LogP) is 2.24. The first-order valence-corrected chi connectivity index (χ1v) is 7.44. The van der Waals surface area contributed by atoms with E-state index in [0.717, 1.165) is 11.3 Å². The Morgan fingerprint density at radius 2 is 2.05 bits per heavy atom. The second kappa shape index (κ2) is 7.64. The number of amides is 1. The van der Waals surface area contributed by atoms with E-state index in [-0.39, 0.29) is 5.91 Å². The molecule has 0 aliphatic heterocycles. The maximum atomic E-state index is 12.1. The summed E-state index contributed by atoms with van der Waals surface area (Å²) in [6.07, 6.45) is 3.33. The van der Waals surface area contributed by atoms with Gasteiger partial charge in [0, 0.05) is 26.0 Å². The van der Waals surface area contributed by atoms with Gasteiger partial charge in [0.05, 0.1) is 12.9 Å². The van der Waals surface area contributed by atoms with Crippen LogP contribution in [0.5, 0.6) is 5.75 Å². The molecule has 2 aromatic rings. The first-order chi connectivity index (χ1) is 10.2. The van der Waals surface area contributed by atoms with Crippen molar-refractivity contribution in [1.29, 1.82) is 0 Å². The zero-order valence-electron chi connectivity index (χ0n) is 12.0. The molecule has 1 heterocycles. The Kier molecular flexibility index (Phi) is 5.57. The summed E-state index contributed by atoms with van der Waals surface area (Å²) in [7, 11) is 3.42. The van der Waals surface area contributed by atoms with E-state index in [4.69, 9.17) is 4.74 Å². The highest BCUT2D eigenvalue weighted by molar-refractivity contribution is 7.99.